The summed E-state index contributed by atoms with van der Waals surface area (Å²) >= 11 is 0. The van der Waals surface area contributed by atoms with Crippen molar-refractivity contribution in [1.82, 2.24) is 9.78 Å². The van der Waals surface area contributed by atoms with E-state index in [4.69, 9.17) is 4.74 Å². The van der Waals surface area contributed by atoms with Crippen LogP contribution in [0.4, 0.5) is 0 Å². The molecule has 90 valence electrons. The van der Waals surface area contributed by atoms with Gasteiger partial charge in [0.05, 0.1) is 11.3 Å². The summed E-state index contributed by atoms with van der Waals surface area (Å²) in [6.07, 6.45) is 4.11. The number of nitrogens with zero attached hydrogens (tertiary/aromatic N) is 2. The lowest BCUT2D eigenvalue weighted by molar-refractivity contribution is -0.0829. The lowest BCUT2D eigenvalue weighted by Gasteiger charge is -2.29. The third-order valence-electron chi connectivity index (χ3n) is 3.29. The number of aliphatic hydroxyl groups excluding tert-OH is 1. The van der Waals surface area contributed by atoms with Gasteiger partial charge in [-0.1, -0.05) is 6.92 Å². The Bertz CT molecular complexity index is 343. The van der Waals surface area contributed by atoms with E-state index >= 15 is 0 Å². The van der Waals surface area contributed by atoms with Crippen molar-refractivity contribution >= 4 is 0 Å². The maximum atomic E-state index is 10.4. The quantitative estimate of drug-likeness (QED) is 0.849. The van der Waals surface area contributed by atoms with Crippen molar-refractivity contribution in [3.05, 3.63) is 18.0 Å². The number of aliphatic hydroxyl groups is 1. The van der Waals surface area contributed by atoms with Gasteiger partial charge in [-0.2, -0.15) is 5.10 Å². The third kappa shape index (κ3) is 1.99. The minimum absolute atomic E-state index is 0.439. The first-order chi connectivity index (χ1) is 7.67. The van der Waals surface area contributed by atoms with Crippen molar-refractivity contribution in [2.45, 2.75) is 51.4 Å². The SMILES string of the molecule is CCCn1nccc1C(O)C1(C)CCCO1. The molecular formula is C12H20N2O2. The van der Waals surface area contributed by atoms with Gasteiger partial charge in [-0.25, -0.2) is 0 Å². The first kappa shape index (κ1) is 11.6. The van der Waals surface area contributed by atoms with Gasteiger partial charge in [-0.15, -0.1) is 0 Å². The molecule has 1 aliphatic rings. The van der Waals surface area contributed by atoms with Gasteiger partial charge >= 0.3 is 0 Å². The second kappa shape index (κ2) is 4.55. The van der Waals surface area contributed by atoms with Crippen molar-refractivity contribution in [1.29, 1.82) is 0 Å². The molecule has 16 heavy (non-hydrogen) atoms. The lowest BCUT2D eigenvalue weighted by Crippen LogP contribution is -2.33. The molecule has 1 fully saturated rings. The Hall–Kier alpha value is -0.870. The Morgan fingerprint density at radius 1 is 1.69 bits per heavy atom. The van der Waals surface area contributed by atoms with Gasteiger partial charge in [-0.3, -0.25) is 4.68 Å². The van der Waals surface area contributed by atoms with Gasteiger partial charge in [-0.05, 0) is 32.3 Å². The van der Waals surface area contributed by atoms with Crippen molar-refractivity contribution < 1.29 is 9.84 Å². The van der Waals surface area contributed by atoms with E-state index in [0.717, 1.165) is 38.1 Å². The first-order valence-corrected chi connectivity index (χ1v) is 6.01. The van der Waals surface area contributed by atoms with Crippen LogP contribution >= 0.6 is 0 Å². The second-order valence-electron chi connectivity index (χ2n) is 4.65. The van der Waals surface area contributed by atoms with Gasteiger partial charge in [0, 0.05) is 19.3 Å². The van der Waals surface area contributed by atoms with Crippen molar-refractivity contribution in [3.8, 4) is 0 Å². The normalized spacial score (nSPS) is 27.2. The Labute approximate surface area is 96.2 Å². The van der Waals surface area contributed by atoms with Gasteiger partial charge < -0.3 is 9.84 Å². The topological polar surface area (TPSA) is 47.3 Å². The number of aryl methyl sites for hydroxylation is 1. The molecule has 2 rings (SSSR count). The van der Waals surface area contributed by atoms with E-state index in [-0.39, 0.29) is 0 Å². The molecule has 1 saturated heterocycles. The molecule has 1 aromatic rings. The summed E-state index contributed by atoms with van der Waals surface area (Å²) in [5, 5.41) is 14.6. The van der Waals surface area contributed by atoms with E-state index in [1.165, 1.54) is 0 Å². The summed E-state index contributed by atoms with van der Waals surface area (Å²) in [6.45, 7) is 5.67. The molecule has 2 unspecified atom stereocenters. The average Bonchev–Trinajstić information content (AvgIpc) is 2.88. The number of hydrogen-bond acceptors (Lipinski definition) is 3. The second-order valence-corrected chi connectivity index (χ2v) is 4.65. The fraction of sp³-hybridized carbons (Fsp3) is 0.750. The molecule has 0 spiro atoms. The predicted molar refractivity (Wildman–Crippen MR) is 61.1 cm³/mol. The standard InChI is InChI=1S/C12H20N2O2/c1-3-8-14-10(5-7-13-14)11(15)12(2)6-4-9-16-12/h5,7,11,15H,3-4,6,8-9H2,1-2H3. The monoisotopic (exact) mass is 224 g/mol. The molecule has 0 amide bonds. The molecule has 1 N–H and O–H groups in total. The summed E-state index contributed by atoms with van der Waals surface area (Å²) in [7, 11) is 0. The fourth-order valence-corrected chi connectivity index (χ4v) is 2.30. The highest BCUT2D eigenvalue weighted by Gasteiger charge is 2.39. The molecule has 2 heterocycles. The highest BCUT2D eigenvalue weighted by molar-refractivity contribution is 5.10. The van der Waals surface area contributed by atoms with Gasteiger partial charge in [0.25, 0.3) is 0 Å². The van der Waals surface area contributed by atoms with E-state index in [1.807, 2.05) is 17.7 Å². The predicted octanol–water partition coefficient (Wildman–Crippen LogP) is 1.90. The van der Waals surface area contributed by atoms with Crippen LogP contribution in [0.1, 0.15) is 44.9 Å². The number of aromatic nitrogens is 2. The van der Waals surface area contributed by atoms with Crippen LogP contribution < -0.4 is 0 Å². The van der Waals surface area contributed by atoms with Crippen LogP contribution in [-0.4, -0.2) is 27.1 Å². The van der Waals surface area contributed by atoms with E-state index in [1.54, 1.807) is 6.20 Å². The molecule has 2 atom stereocenters. The molecule has 0 radical (unpaired) electrons. The summed E-state index contributed by atoms with van der Waals surface area (Å²) in [5.74, 6) is 0. The van der Waals surface area contributed by atoms with Crippen LogP contribution in [0.3, 0.4) is 0 Å². The molecule has 1 aliphatic heterocycles. The zero-order valence-corrected chi connectivity index (χ0v) is 10.0. The molecule has 0 aromatic carbocycles. The molecule has 1 aromatic heterocycles. The summed E-state index contributed by atoms with van der Waals surface area (Å²) in [5.41, 5.74) is 0.428. The maximum Gasteiger partial charge on any atom is 0.124 e. The fourth-order valence-electron chi connectivity index (χ4n) is 2.30. The van der Waals surface area contributed by atoms with Crippen LogP contribution in [0.2, 0.25) is 0 Å². The van der Waals surface area contributed by atoms with Crippen LogP contribution in [0.25, 0.3) is 0 Å². The van der Waals surface area contributed by atoms with Crippen LogP contribution in [0.15, 0.2) is 12.3 Å². The van der Waals surface area contributed by atoms with Crippen LogP contribution in [0, 0.1) is 0 Å². The lowest BCUT2D eigenvalue weighted by atomic mass is 9.93. The zero-order valence-electron chi connectivity index (χ0n) is 10.0. The molecule has 0 aliphatic carbocycles. The Balaban J connectivity index is 2.19. The van der Waals surface area contributed by atoms with Crippen molar-refractivity contribution in [3.63, 3.8) is 0 Å². The van der Waals surface area contributed by atoms with E-state index in [9.17, 15) is 5.11 Å². The first-order valence-electron chi connectivity index (χ1n) is 6.01. The highest BCUT2D eigenvalue weighted by atomic mass is 16.5. The average molecular weight is 224 g/mol. The van der Waals surface area contributed by atoms with Crippen LogP contribution in [-0.2, 0) is 11.3 Å². The number of rotatable bonds is 4. The maximum absolute atomic E-state index is 10.4. The molecular weight excluding hydrogens is 204 g/mol. The van der Waals surface area contributed by atoms with Gasteiger partial charge in [0.15, 0.2) is 0 Å². The summed E-state index contributed by atoms with van der Waals surface area (Å²) < 4.78 is 7.54. The van der Waals surface area contributed by atoms with E-state index in [0.29, 0.717) is 0 Å². The number of ether oxygens (including phenoxy) is 1. The minimum Gasteiger partial charge on any atom is -0.384 e. The van der Waals surface area contributed by atoms with E-state index < -0.39 is 11.7 Å². The Morgan fingerprint density at radius 3 is 3.12 bits per heavy atom. The molecule has 0 bridgehead atoms. The molecule has 4 nitrogen and oxygen atoms in total. The Morgan fingerprint density at radius 2 is 2.50 bits per heavy atom. The smallest absolute Gasteiger partial charge is 0.124 e. The van der Waals surface area contributed by atoms with E-state index in [2.05, 4.69) is 12.0 Å². The third-order valence-corrected chi connectivity index (χ3v) is 3.29. The number of hydrogen-bond donors (Lipinski definition) is 1. The molecule has 0 saturated carbocycles. The zero-order chi connectivity index (χ0) is 11.6. The van der Waals surface area contributed by atoms with Crippen molar-refractivity contribution in [2.75, 3.05) is 6.61 Å². The highest BCUT2D eigenvalue weighted by Crippen LogP contribution is 2.37. The Kier molecular flexibility index (Phi) is 3.30. The summed E-state index contributed by atoms with van der Waals surface area (Å²) in [4.78, 5) is 0. The van der Waals surface area contributed by atoms with Gasteiger partial charge in [0.2, 0.25) is 0 Å². The van der Waals surface area contributed by atoms with Crippen molar-refractivity contribution in [2.24, 2.45) is 0 Å². The molecule has 4 heteroatoms. The van der Waals surface area contributed by atoms with Gasteiger partial charge in [0.1, 0.15) is 6.10 Å². The van der Waals surface area contributed by atoms with Crippen LogP contribution in [0.5, 0.6) is 0 Å². The summed E-state index contributed by atoms with van der Waals surface area (Å²) in [6, 6.07) is 1.88. The largest absolute Gasteiger partial charge is 0.384 e. The minimum atomic E-state index is -0.580.